The summed E-state index contributed by atoms with van der Waals surface area (Å²) in [6.45, 7) is 0. The van der Waals surface area contributed by atoms with Gasteiger partial charge in [-0.1, -0.05) is 0 Å². The molecule has 0 unspecified atom stereocenters. The molecule has 3 rings (SSSR count). The molecule has 1 aromatic heterocycles. The Morgan fingerprint density at radius 2 is 2.15 bits per heavy atom. The predicted molar refractivity (Wildman–Crippen MR) is 80.4 cm³/mol. The summed E-state index contributed by atoms with van der Waals surface area (Å²) in [5, 5.41) is 3.23. The highest BCUT2D eigenvalue weighted by molar-refractivity contribution is 7.80. The first kappa shape index (κ1) is 13.6. The third-order valence-electron chi connectivity index (χ3n) is 3.26. The van der Waals surface area contributed by atoms with E-state index in [2.05, 4.69) is 22.9 Å². The molecule has 1 aliphatic rings. The van der Waals surface area contributed by atoms with Crippen LogP contribution in [0, 0.1) is 5.82 Å². The summed E-state index contributed by atoms with van der Waals surface area (Å²) in [4.78, 5) is 18.3. The summed E-state index contributed by atoms with van der Waals surface area (Å²) >= 11 is 5.61. The minimum absolute atomic E-state index is 0.00864. The molecular weight excluding hydrogens is 295 g/mol. The highest BCUT2D eigenvalue weighted by atomic mass is 32.1. The zero-order valence-electron chi connectivity index (χ0n) is 10.6. The van der Waals surface area contributed by atoms with Crippen molar-refractivity contribution >= 4 is 35.0 Å². The Bertz CT molecular complexity index is 646. The Balaban J connectivity index is 1.82. The van der Waals surface area contributed by atoms with Gasteiger partial charge in [-0.25, -0.2) is 9.37 Å². The maximum atomic E-state index is 13.6. The summed E-state index contributed by atoms with van der Waals surface area (Å²) in [5.74, 6) is -1.04. The fraction of sp³-hybridized carbons (Fsp3) is 0.286. The van der Waals surface area contributed by atoms with Gasteiger partial charge in [-0.2, -0.15) is 0 Å². The maximum Gasteiger partial charge on any atom is 0.260 e. The molecule has 6 heteroatoms. The smallest absolute Gasteiger partial charge is 0.260 e. The van der Waals surface area contributed by atoms with E-state index < -0.39 is 11.7 Å². The lowest BCUT2D eigenvalue weighted by atomic mass is 10.0. The molecule has 0 fully saturated rings. The fourth-order valence-corrected chi connectivity index (χ4v) is 3.51. The minimum atomic E-state index is -0.554. The lowest BCUT2D eigenvalue weighted by molar-refractivity contribution is 0.102. The van der Waals surface area contributed by atoms with Crippen molar-refractivity contribution in [3.05, 3.63) is 40.2 Å². The number of aromatic nitrogens is 1. The number of thiazole rings is 1. The molecule has 104 valence electrons. The van der Waals surface area contributed by atoms with E-state index in [-0.39, 0.29) is 5.56 Å². The van der Waals surface area contributed by atoms with Gasteiger partial charge < -0.3 is 0 Å². The zero-order chi connectivity index (χ0) is 14.1. The van der Waals surface area contributed by atoms with Crippen LogP contribution in [0.25, 0.3) is 0 Å². The summed E-state index contributed by atoms with van der Waals surface area (Å²) in [6.07, 6.45) is 4.28. The Labute approximate surface area is 125 Å². The van der Waals surface area contributed by atoms with Crippen LogP contribution >= 0.6 is 24.0 Å². The lowest BCUT2D eigenvalue weighted by Crippen LogP contribution is -2.13. The van der Waals surface area contributed by atoms with Crippen LogP contribution in [0.5, 0.6) is 0 Å². The number of aryl methyl sites for hydroxylation is 2. The molecule has 1 heterocycles. The molecule has 0 bridgehead atoms. The number of fused-ring (bicyclic) bond motifs is 1. The molecule has 0 spiro atoms. The van der Waals surface area contributed by atoms with Crippen LogP contribution in [-0.2, 0) is 12.8 Å². The fourth-order valence-electron chi connectivity index (χ4n) is 2.26. The van der Waals surface area contributed by atoms with Crippen LogP contribution in [0.1, 0.15) is 33.8 Å². The second-order valence-corrected chi connectivity index (χ2v) is 6.31. The number of carbonyl (C=O) groups is 1. The van der Waals surface area contributed by atoms with Crippen molar-refractivity contribution in [2.75, 3.05) is 5.32 Å². The summed E-state index contributed by atoms with van der Waals surface area (Å²) in [6, 6.07) is 4.17. The van der Waals surface area contributed by atoms with Gasteiger partial charge >= 0.3 is 0 Å². The summed E-state index contributed by atoms with van der Waals surface area (Å²) in [7, 11) is 0. The van der Waals surface area contributed by atoms with Crippen LogP contribution in [-0.4, -0.2) is 10.9 Å². The highest BCUT2D eigenvalue weighted by Gasteiger charge is 2.18. The number of carbonyl (C=O) groups excluding carboxylic acids is 1. The second-order valence-electron chi connectivity index (χ2n) is 4.71. The molecule has 1 aromatic carbocycles. The SMILES string of the molecule is O=C(Nc1nc2c(s1)CCCC2)c1cc(S)ccc1F. The molecule has 2 aromatic rings. The summed E-state index contributed by atoms with van der Waals surface area (Å²) < 4.78 is 13.6. The van der Waals surface area contributed by atoms with Gasteiger partial charge in [-0.15, -0.1) is 24.0 Å². The van der Waals surface area contributed by atoms with E-state index in [1.165, 1.54) is 40.8 Å². The van der Waals surface area contributed by atoms with Crippen LogP contribution in [0.4, 0.5) is 9.52 Å². The number of hydrogen-bond acceptors (Lipinski definition) is 4. The molecule has 0 saturated heterocycles. The normalized spacial score (nSPS) is 13.9. The van der Waals surface area contributed by atoms with Crippen molar-refractivity contribution in [3.63, 3.8) is 0 Å². The average molecular weight is 308 g/mol. The van der Waals surface area contributed by atoms with Gasteiger partial charge in [0.2, 0.25) is 0 Å². The van der Waals surface area contributed by atoms with Gasteiger partial charge in [0.1, 0.15) is 5.82 Å². The monoisotopic (exact) mass is 308 g/mol. The van der Waals surface area contributed by atoms with Crippen molar-refractivity contribution in [2.45, 2.75) is 30.6 Å². The third-order valence-corrected chi connectivity index (χ3v) is 4.61. The van der Waals surface area contributed by atoms with E-state index in [1.807, 2.05) is 0 Å². The Morgan fingerprint density at radius 1 is 1.35 bits per heavy atom. The average Bonchev–Trinajstić information content (AvgIpc) is 2.83. The van der Waals surface area contributed by atoms with Crippen LogP contribution in [0.2, 0.25) is 0 Å². The van der Waals surface area contributed by atoms with E-state index in [0.717, 1.165) is 25.0 Å². The van der Waals surface area contributed by atoms with E-state index in [9.17, 15) is 9.18 Å². The lowest BCUT2D eigenvalue weighted by Gasteiger charge is -2.06. The molecule has 0 atom stereocenters. The largest absolute Gasteiger partial charge is 0.298 e. The molecule has 20 heavy (non-hydrogen) atoms. The number of nitrogens with zero attached hydrogens (tertiary/aromatic N) is 1. The molecule has 1 N–H and O–H groups in total. The highest BCUT2D eigenvalue weighted by Crippen LogP contribution is 2.30. The van der Waals surface area contributed by atoms with E-state index in [4.69, 9.17) is 0 Å². The number of halogens is 1. The topological polar surface area (TPSA) is 42.0 Å². The molecule has 1 amide bonds. The van der Waals surface area contributed by atoms with Crippen molar-refractivity contribution in [2.24, 2.45) is 0 Å². The van der Waals surface area contributed by atoms with Gasteiger partial charge in [-0.3, -0.25) is 10.1 Å². The van der Waals surface area contributed by atoms with Crippen LogP contribution in [0.3, 0.4) is 0 Å². The summed E-state index contributed by atoms with van der Waals surface area (Å²) in [5.41, 5.74) is 1.06. The predicted octanol–water partition coefficient (Wildman–Crippen LogP) is 3.70. The Kier molecular flexibility index (Phi) is 3.76. The zero-order valence-corrected chi connectivity index (χ0v) is 12.4. The van der Waals surface area contributed by atoms with Gasteiger partial charge in [0.25, 0.3) is 5.91 Å². The standard InChI is InChI=1S/C14H13FN2OS2/c15-10-6-5-8(19)7-9(10)13(18)17-14-16-11-3-1-2-4-12(11)20-14/h5-7,19H,1-4H2,(H,16,17,18). The molecule has 3 nitrogen and oxygen atoms in total. The maximum absolute atomic E-state index is 13.6. The van der Waals surface area contributed by atoms with E-state index in [1.54, 1.807) is 0 Å². The van der Waals surface area contributed by atoms with Crippen molar-refractivity contribution in [1.82, 2.24) is 4.98 Å². The molecule has 0 saturated carbocycles. The van der Waals surface area contributed by atoms with E-state index in [0.29, 0.717) is 10.0 Å². The molecule has 0 radical (unpaired) electrons. The second kappa shape index (κ2) is 5.54. The molecule has 0 aliphatic heterocycles. The van der Waals surface area contributed by atoms with Crippen LogP contribution < -0.4 is 5.32 Å². The number of benzene rings is 1. The number of nitrogens with one attached hydrogen (secondary N) is 1. The number of amides is 1. The van der Waals surface area contributed by atoms with Gasteiger partial charge in [0, 0.05) is 9.77 Å². The number of thiol groups is 1. The van der Waals surface area contributed by atoms with Crippen molar-refractivity contribution < 1.29 is 9.18 Å². The number of anilines is 1. The van der Waals surface area contributed by atoms with Crippen LogP contribution in [0.15, 0.2) is 23.1 Å². The first-order chi connectivity index (χ1) is 9.63. The van der Waals surface area contributed by atoms with Gasteiger partial charge in [0.15, 0.2) is 5.13 Å². The molecular formula is C14H13FN2OS2. The minimum Gasteiger partial charge on any atom is -0.298 e. The van der Waals surface area contributed by atoms with Crippen molar-refractivity contribution in [3.8, 4) is 0 Å². The van der Waals surface area contributed by atoms with E-state index >= 15 is 0 Å². The quantitative estimate of drug-likeness (QED) is 0.831. The van der Waals surface area contributed by atoms with Crippen molar-refractivity contribution in [1.29, 1.82) is 0 Å². The Morgan fingerprint density at radius 3 is 2.95 bits per heavy atom. The van der Waals surface area contributed by atoms with Gasteiger partial charge in [0.05, 0.1) is 11.3 Å². The first-order valence-electron chi connectivity index (χ1n) is 6.42. The first-order valence-corrected chi connectivity index (χ1v) is 7.68. The molecule has 1 aliphatic carbocycles. The van der Waals surface area contributed by atoms with Gasteiger partial charge in [-0.05, 0) is 43.9 Å². The third kappa shape index (κ3) is 2.71. The number of hydrogen-bond donors (Lipinski definition) is 2. The number of rotatable bonds is 2. The Hall–Kier alpha value is -1.40.